The number of rotatable bonds is 5. The standard InChI is InChI=1S/C20H24N2O3S/c1-4-14-5-7-15(8-6-14)21-20(23)22-11-12-26-19(22)17-13-16(24-2)9-10-18(17)25-3/h5-10,13,19H,4,11-12H2,1-3H3,(H,21,23)/t19-/m1/s1. The molecule has 2 aromatic rings. The fraction of sp³-hybridized carbons (Fsp3) is 0.350. The molecule has 26 heavy (non-hydrogen) atoms. The van der Waals surface area contributed by atoms with Gasteiger partial charge in [0, 0.05) is 23.5 Å². The van der Waals surface area contributed by atoms with Crippen LogP contribution in [0.4, 0.5) is 10.5 Å². The summed E-state index contributed by atoms with van der Waals surface area (Å²) in [6.07, 6.45) is 0.981. The number of nitrogens with zero attached hydrogens (tertiary/aromatic N) is 1. The molecule has 0 unspecified atom stereocenters. The molecule has 0 bridgehead atoms. The molecule has 0 spiro atoms. The molecule has 0 saturated carbocycles. The Morgan fingerprint density at radius 3 is 2.62 bits per heavy atom. The molecule has 1 N–H and O–H groups in total. The largest absolute Gasteiger partial charge is 0.497 e. The Kier molecular flexibility index (Phi) is 5.93. The number of urea groups is 1. The SMILES string of the molecule is CCc1ccc(NC(=O)N2CCS[C@@H]2c2cc(OC)ccc2OC)cc1. The van der Waals surface area contributed by atoms with Crippen LogP contribution in [0, 0.1) is 0 Å². The van der Waals surface area contributed by atoms with Crippen LogP contribution in [-0.4, -0.2) is 37.4 Å². The van der Waals surface area contributed by atoms with E-state index in [1.165, 1.54) is 5.56 Å². The molecule has 0 aliphatic carbocycles. The lowest BCUT2D eigenvalue weighted by Crippen LogP contribution is -2.34. The quantitative estimate of drug-likeness (QED) is 0.837. The van der Waals surface area contributed by atoms with E-state index < -0.39 is 0 Å². The van der Waals surface area contributed by atoms with Crippen molar-refractivity contribution in [3.63, 3.8) is 0 Å². The van der Waals surface area contributed by atoms with Gasteiger partial charge in [-0.15, -0.1) is 11.8 Å². The average molecular weight is 372 g/mol. The van der Waals surface area contributed by atoms with E-state index in [1.807, 2.05) is 47.4 Å². The zero-order valence-corrected chi connectivity index (χ0v) is 16.1. The van der Waals surface area contributed by atoms with E-state index in [1.54, 1.807) is 26.0 Å². The van der Waals surface area contributed by atoms with Crippen LogP contribution < -0.4 is 14.8 Å². The van der Waals surface area contributed by atoms with Crippen molar-refractivity contribution < 1.29 is 14.3 Å². The molecule has 1 atom stereocenters. The lowest BCUT2D eigenvalue weighted by Gasteiger charge is -2.26. The number of carbonyl (C=O) groups is 1. The third kappa shape index (κ3) is 3.90. The molecule has 2 aromatic carbocycles. The number of aryl methyl sites for hydroxylation is 1. The van der Waals surface area contributed by atoms with Gasteiger partial charge in [0.2, 0.25) is 0 Å². The molecular formula is C20H24N2O3S. The van der Waals surface area contributed by atoms with Gasteiger partial charge in [0.1, 0.15) is 16.9 Å². The number of amides is 2. The van der Waals surface area contributed by atoms with E-state index in [4.69, 9.17) is 9.47 Å². The zero-order valence-electron chi connectivity index (χ0n) is 15.3. The summed E-state index contributed by atoms with van der Waals surface area (Å²) in [5, 5.41) is 2.90. The van der Waals surface area contributed by atoms with Crippen LogP contribution in [0.15, 0.2) is 42.5 Å². The van der Waals surface area contributed by atoms with Gasteiger partial charge in [-0.3, -0.25) is 0 Å². The number of ether oxygens (including phenoxy) is 2. The summed E-state index contributed by atoms with van der Waals surface area (Å²) in [7, 11) is 3.28. The lowest BCUT2D eigenvalue weighted by atomic mass is 10.1. The molecular weight excluding hydrogens is 348 g/mol. The third-order valence-corrected chi connectivity index (χ3v) is 5.71. The first-order chi connectivity index (χ1) is 12.7. The average Bonchev–Trinajstić information content (AvgIpc) is 3.18. The van der Waals surface area contributed by atoms with Gasteiger partial charge in [-0.05, 0) is 42.3 Å². The summed E-state index contributed by atoms with van der Waals surface area (Å²) in [4.78, 5) is 14.7. The summed E-state index contributed by atoms with van der Waals surface area (Å²) < 4.78 is 10.8. The van der Waals surface area contributed by atoms with E-state index in [-0.39, 0.29) is 11.4 Å². The lowest BCUT2D eigenvalue weighted by molar-refractivity contribution is 0.213. The highest BCUT2D eigenvalue weighted by atomic mass is 32.2. The molecule has 1 saturated heterocycles. The van der Waals surface area contributed by atoms with Crippen molar-refractivity contribution in [2.75, 3.05) is 31.8 Å². The van der Waals surface area contributed by atoms with Gasteiger partial charge in [0.05, 0.1) is 14.2 Å². The van der Waals surface area contributed by atoms with Crippen LogP contribution in [0.2, 0.25) is 0 Å². The molecule has 0 aromatic heterocycles. The second-order valence-electron chi connectivity index (χ2n) is 6.01. The molecule has 2 amide bonds. The minimum absolute atomic E-state index is 0.102. The van der Waals surface area contributed by atoms with Crippen molar-refractivity contribution in [3.8, 4) is 11.5 Å². The molecule has 1 aliphatic rings. The van der Waals surface area contributed by atoms with Crippen molar-refractivity contribution in [3.05, 3.63) is 53.6 Å². The van der Waals surface area contributed by atoms with E-state index in [0.717, 1.165) is 34.9 Å². The number of methoxy groups -OCH3 is 2. The van der Waals surface area contributed by atoms with Gasteiger partial charge in [-0.25, -0.2) is 4.79 Å². The first kappa shape index (κ1) is 18.5. The number of thioether (sulfide) groups is 1. The fourth-order valence-electron chi connectivity index (χ4n) is 2.99. The van der Waals surface area contributed by atoms with Gasteiger partial charge in [-0.2, -0.15) is 0 Å². The van der Waals surface area contributed by atoms with Crippen LogP contribution in [0.1, 0.15) is 23.4 Å². The zero-order chi connectivity index (χ0) is 18.5. The summed E-state index contributed by atoms with van der Waals surface area (Å²) in [6.45, 7) is 2.80. The molecule has 3 rings (SSSR count). The predicted octanol–water partition coefficient (Wildman–Crippen LogP) is 4.55. The van der Waals surface area contributed by atoms with Gasteiger partial charge >= 0.3 is 6.03 Å². The highest BCUT2D eigenvalue weighted by Crippen LogP contribution is 2.43. The number of hydrogen-bond acceptors (Lipinski definition) is 4. The van der Waals surface area contributed by atoms with Crippen LogP contribution >= 0.6 is 11.8 Å². The van der Waals surface area contributed by atoms with Gasteiger partial charge in [-0.1, -0.05) is 19.1 Å². The van der Waals surface area contributed by atoms with Crippen LogP contribution in [-0.2, 0) is 6.42 Å². The van der Waals surface area contributed by atoms with E-state index in [2.05, 4.69) is 12.2 Å². The second kappa shape index (κ2) is 8.36. The molecule has 1 heterocycles. The molecule has 5 nitrogen and oxygen atoms in total. The van der Waals surface area contributed by atoms with Crippen molar-refractivity contribution in [1.29, 1.82) is 0 Å². The Morgan fingerprint density at radius 2 is 1.96 bits per heavy atom. The van der Waals surface area contributed by atoms with E-state index >= 15 is 0 Å². The Bertz CT molecular complexity index is 764. The van der Waals surface area contributed by atoms with Crippen LogP contribution in [0.25, 0.3) is 0 Å². The molecule has 6 heteroatoms. The monoisotopic (exact) mass is 372 g/mol. The molecule has 0 radical (unpaired) electrons. The van der Waals surface area contributed by atoms with E-state index in [9.17, 15) is 4.79 Å². The van der Waals surface area contributed by atoms with Gasteiger partial charge in [0.15, 0.2) is 0 Å². The summed E-state index contributed by atoms with van der Waals surface area (Å²) in [5.74, 6) is 2.40. The molecule has 1 fully saturated rings. The third-order valence-electron chi connectivity index (χ3n) is 4.47. The first-order valence-electron chi connectivity index (χ1n) is 8.66. The normalized spacial score (nSPS) is 16.4. The van der Waals surface area contributed by atoms with Crippen molar-refractivity contribution >= 4 is 23.5 Å². The van der Waals surface area contributed by atoms with Crippen molar-refractivity contribution in [2.24, 2.45) is 0 Å². The Morgan fingerprint density at radius 1 is 1.19 bits per heavy atom. The Hall–Kier alpha value is -2.34. The minimum atomic E-state index is -0.103. The highest BCUT2D eigenvalue weighted by Gasteiger charge is 2.33. The number of anilines is 1. The Labute approximate surface area is 158 Å². The predicted molar refractivity (Wildman–Crippen MR) is 106 cm³/mol. The number of carbonyl (C=O) groups excluding carboxylic acids is 1. The van der Waals surface area contributed by atoms with Crippen LogP contribution in [0.3, 0.4) is 0 Å². The maximum atomic E-state index is 12.8. The number of benzene rings is 2. The summed E-state index contributed by atoms with van der Waals surface area (Å²) in [5.41, 5.74) is 3.00. The fourth-order valence-corrected chi connectivity index (χ4v) is 4.26. The summed E-state index contributed by atoms with van der Waals surface area (Å²) in [6, 6.07) is 13.6. The van der Waals surface area contributed by atoms with Crippen LogP contribution in [0.5, 0.6) is 11.5 Å². The molecule has 1 aliphatic heterocycles. The minimum Gasteiger partial charge on any atom is -0.497 e. The second-order valence-corrected chi connectivity index (χ2v) is 7.19. The molecule has 138 valence electrons. The number of hydrogen-bond donors (Lipinski definition) is 1. The topological polar surface area (TPSA) is 50.8 Å². The van der Waals surface area contributed by atoms with E-state index in [0.29, 0.717) is 6.54 Å². The maximum Gasteiger partial charge on any atom is 0.323 e. The Balaban J connectivity index is 1.80. The number of nitrogens with one attached hydrogen (secondary N) is 1. The maximum absolute atomic E-state index is 12.8. The first-order valence-corrected chi connectivity index (χ1v) is 9.71. The summed E-state index contributed by atoms with van der Waals surface area (Å²) >= 11 is 1.73. The smallest absolute Gasteiger partial charge is 0.323 e. The van der Waals surface area contributed by atoms with Crippen molar-refractivity contribution in [1.82, 2.24) is 4.90 Å². The highest BCUT2D eigenvalue weighted by molar-refractivity contribution is 7.99. The van der Waals surface area contributed by atoms with Crippen molar-refractivity contribution in [2.45, 2.75) is 18.7 Å². The van der Waals surface area contributed by atoms with Gasteiger partial charge in [0.25, 0.3) is 0 Å². The van der Waals surface area contributed by atoms with Gasteiger partial charge < -0.3 is 19.7 Å².